The second-order valence-corrected chi connectivity index (χ2v) is 5.52. The number of ether oxygens (including phenoxy) is 1. The van der Waals surface area contributed by atoms with Crippen molar-refractivity contribution >= 4 is 16.7 Å². The lowest BCUT2D eigenvalue weighted by atomic mass is 9.87. The van der Waals surface area contributed by atoms with E-state index in [1.807, 2.05) is 26.0 Å². The highest BCUT2D eigenvalue weighted by Gasteiger charge is 2.43. The third-order valence-electron chi connectivity index (χ3n) is 4.15. The minimum Gasteiger partial charge on any atom is -0.454 e. The first-order chi connectivity index (χ1) is 9.12. The molecule has 1 aliphatic rings. The molecule has 1 heterocycles. The van der Waals surface area contributed by atoms with E-state index in [2.05, 4.69) is 30.3 Å². The van der Waals surface area contributed by atoms with E-state index in [1.54, 1.807) is 0 Å². The molecular formula is C17H18O2. The van der Waals surface area contributed by atoms with Gasteiger partial charge < -0.3 is 4.74 Å². The largest absolute Gasteiger partial charge is 0.454 e. The van der Waals surface area contributed by atoms with Crippen LogP contribution in [-0.2, 0) is 15.1 Å². The minimum absolute atomic E-state index is 0.0384. The standard InChI is InChI=1S/C17H18O2/c1-3-12-11-17(2,19-16(12)18)15-9-8-13-6-4-5-7-14(13)10-15/h4-10,12H,3,11H2,1-2H3/t12-,17+/m0/s1. The Kier molecular flexibility index (Phi) is 2.81. The number of carbonyl (C=O) groups is 1. The summed E-state index contributed by atoms with van der Waals surface area (Å²) in [5, 5.41) is 2.41. The van der Waals surface area contributed by atoms with Crippen LogP contribution in [0.15, 0.2) is 42.5 Å². The monoisotopic (exact) mass is 254 g/mol. The third kappa shape index (κ3) is 2.01. The summed E-state index contributed by atoms with van der Waals surface area (Å²) in [6.45, 7) is 4.06. The first kappa shape index (κ1) is 12.2. The summed E-state index contributed by atoms with van der Waals surface area (Å²) in [4.78, 5) is 11.8. The van der Waals surface area contributed by atoms with Gasteiger partial charge >= 0.3 is 5.97 Å². The molecule has 2 aromatic carbocycles. The smallest absolute Gasteiger partial charge is 0.309 e. The SMILES string of the molecule is CC[C@H]1C[C@](C)(c2ccc3ccccc3c2)OC1=O. The van der Waals surface area contributed by atoms with Gasteiger partial charge in [0.1, 0.15) is 5.60 Å². The van der Waals surface area contributed by atoms with Crippen LogP contribution in [0.2, 0.25) is 0 Å². The molecule has 2 aromatic rings. The Labute approximate surface area is 113 Å². The molecule has 1 saturated heterocycles. The van der Waals surface area contributed by atoms with Gasteiger partial charge in [-0.15, -0.1) is 0 Å². The second kappa shape index (κ2) is 4.37. The molecule has 0 amide bonds. The van der Waals surface area contributed by atoms with Gasteiger partial charge in [-0.05, 0) is 35.7 Å². The van der Waals surface area contributed by atoms with E-state index in [0.29, 0.717) is 0 Å². The van der Waals surface area contributed by atoms with Crippen LogP contribution in [0.5, 0.6) is 0 Å². The van der Waals surface area contributed by atoms with Crippen LogP contribution in [0.4, 0.5) is 0 Å². The van der Waals surface area contributed by atoms with Crippen LogP contribution in [0.3, 0.4) is 0 Å². The number of rotatable bonds is 2. The van der Waals surface area contributed by atoms with Gasteiger partial charge in [-0.1, -0.05) is 43.3 Å². The number of fused-ring (bicyclic) bond motifs is 1. The first-order valence-corrected chi connectivity index (χ1v) is 6.84. The second-order valence-electron chi connectivity index (χ2n) is 5.52. The third-order valence-corrected chi connectivity index (χ3v) is 4.15. The molecule has 0 unspecified atom stereocenters. The summed E-state index contributed by atoms with van der Waals surface area (Å²) in [6.07, 6.45) is 1.63. The number of esters is 1. The number of hydrogen-bond acceptors (Lipinski definition) is 2. The maximum atomic E-state index is 11.8. The van der Waals surface area contributed by atoms with E-state index in [9.17, 15) is 4.79 Å². The average Bonchev–Trinajstić information content (AvgIpc) is 2.74. The van der Waals surface area contributed by atoms with Crippen LogP contribution >= 0.6 is 0 Å². The molecule has 1 aliphatic heterocycles. The Morgan fingerprint density at radius 1 is 1.21 bits per heavy atom. The lowest BCUT2D eigenvalue weighted by molar-refractivity contribution is -0.150. The topological polar surface area (TPSA) is 26.3 Å². The highest BCUT2D eigenvalue weighted by atomic mass is 16.6. The Hall–Kier alpha value is -1.83. The van der Waals surface area contributed by atoms with Gasteiger partial charge in [-0.2, -0.15) is 0 Å². The Balaban J connectivity index is 2.02. The summed E-state index contributed by atoms with van der Waals surface area (Å²) in [6, 6.07) is 14.6. The van der Waals surface area contributed by atoms with E-state index in [-0.39, 0.29) is 11.9 Å². The van der Waals surface area contributed by atoms with Gasteiger partial charge in [-0.3, -0.25) is 4.79 Å². The van der Waals surface area contributed by atoms with Gasteiger partial charge in [0.15, 0.2) is 0 Å². The Morgan fingerprint density at radius 2 is 1.95 bits per heavy atom. The maximum absolute atomic E-state index is 11.8. The van der Waals surface area contributed by atoms with Crippen LogP contribution in [0.1, 0.15) is 32.3 Å². The molecule has 2 heteroatoms. The van der Waals surface area contributed by atoms with E-state index < -0.39 is 5.60 Å². The number of hydrogen-bond donors (Lipinski definition) is 0. The molecule has 1 fully saturated rings. The summed E-state index contributed by atoms with van der Waals surface area (Å²) in [5.41, 5.74) is 0.623. The van der Waals surface area contributed by atoms with E-state index in [0.717, 1.165) is 18.4 Å². The number of carbonyl (C=O) groups excluding carboxylic acids is 1. The fourth-order valence-corrected chi connectivity index (χ4v) is 2.91. The van der Waals surface area contributed by atoms with Crippen molar-refractivity contribution in [3.63, 3.8) is 0 Å². The van der Waals surface area contributed by atoms with E-state index in [1.165, 1.54) is 10.8 Å². The number of benzene rings is 2. The summed E-state index contributed by atoms with van der Waals surface area (Å²) >= 11 is 0. The molecule has 0 radical (unpaired) electrons. The first-order valence-electron chi connectivity index (χ1n) is 6.84. The predicted octanol–water partition coefficient (Wildman–Crippen LogP) is 4.03. The van der Waals surface area contributed by atoms with Crippen LogP contribution in [-0.4, -0.2) is 5.97 Å². The highest BCUT2D eigenvalue weighted by molar-refractivity contribution is 5.83. The van der Waals surface area contributed by atoms with Crippen molar-refractivity contribution in [3.8, 4) is 0 Å². The summed E-state index contributed by atoms with van der Waals surface area (Å²) in [7, 11) is 0. The van der Waals surface area contributed by atoms with E-state index >= 15 is 0 Å². The molecule has 0 aliphatic carbocycles. The molecule has 0 spiro atoms. The summed E-state index contributed by atoms with van der Waals surface area (Å²) in [5.74, 6) is -0.0189. The zero-order valence-corrected chi connectivity index (χ0v) is 11.3. The quantitative estimate of drug-likeness (QED) is 0.756. The Morgan fingerprint density at radius 3 is 2.63 bits per heavy atom. The molecule has 0 aromatic heterocycles. The molecule has 19 heavy (non-hydrogen) atoms. The lowest BCUT2D eigenvalue weighted by Crippen LogP contribution is -2.20. The van der Waals surface area contributed by atoms with Gasteiger partial charge in [0.05, 0.1) is 5.92 Å². The van der Waals surface area contributed by atoms with Crippen LogP contribution in [0.25, 0.3) is 10.8 Å². The van der Waals surface area contributed by atoms with Crippen molar-refractivity contribution in [1.82, 2.24) is 0 Å². The van der Waals surface area contributed by atoms with Crippen molar-refractivity contribution in [1.29, 1.82) is 0 Å². The van der Waals surface area contributed by atoms with Crippen LogP contribution < -0.4 is 0 Å². The lowest BCUT2D eigenvalue weighted by Gasteiger charge is -2.23. The average molecular weight is 254 g/mol. The van der Waals surface area contributed by atoms with E-state index in [4.69, 9.17) is 4.74 Å². The van der Waals surface area contributed by atoms with Crippen molar-refractivity contribution in [3.05, 3.63) is 48.0 Å². The summed E-state index contributed by atoms with van der Waals surface area (Å²) < 4.78 is 5.65. The predicted molar refractivity (Wildman–Crippen MR) is 75.8 cm³/mol. The molecule has 0 bridgehead atoms. The van der Waals surface area contributed by atoms with Gasteiger partial charge in [-0.25, -0.2) is 0 Å². The zero-order valence-electron chi connectivity index (χ0n) is 11.3. The fourth-order valence-electron chi connectivity index (χ4n) is 2.91. The van der Waals surface area contributed by atoms with Gasteiger partial charge in [0, 0.05) is 6.42 Å². The zero-order chi connectivity index (χ0) is 13.5. The highest BCUT2D eigenvalue weighted by Crippen LogP contribution is 2.41. The van der Waals surface area contributed by atoms with Crippen LogP contribution in [0, 0.1) is 5.92 Å². The molecule has 0 N–H and O–H groups in total. The molecular weight excluding hydrogens is 236 g/mol. The molecule has 2 nitrogen and oxygen atoms in total. The molecule has 0 saturated carbocycles. The van der Waals surface area contributed by atoms with Crippen molar-refractivity contribution in [2.75, 3.05) is 0 Å². The van der Waals surface area contributed by atoms with Gasteiger partial charge in [0.2, 0.25) is 0 Å². The van der Waals surface area contributed by atoms with Crippen molar-refractivity contribution < 1.29 is 9.53 Å². The minimum atomic E-state index is -0.470. The molecule has 3 rings (SSSR count). The molecule has 98 valence electrons. The van der Waals surface area contributed by atoms with Crippen molar-refractivity contribution in [2.45, 2.75) is 32.3 Å². The maximum Gasteiger partial charge on any atom is 0.309 e. The molecule has 2 atom stereocenters. The number of cyclic esters (lactones) is 1. The van der Waals surface area contributed by atoms with Crippen molar-refractivity contribution in [2.24, 2.45) is 5.92 Å². The Bertz CT molecular complexity index is 632. The normalized spacial score (nSPS) is 26.6. The fraction of sp³-hybridized carbons (Fsp3) is 0.353. The van der Waals surface area contributed by atoms with Gasteiger partial charge in [0.25, 0.3) is 0 Å².